The van der Waals surface area contributed by atoms with Gasteiger partial charge in [-0.15, -0.1) is 0 Å². The highest BCUT2D eigenvalue weighted by Gasteiger charge is 2.15. The molecule has 0 aromatic heterocycles. The highest BCUT2D eigenvalue weighted by molar-refractivity contribution is 7.89. The smallest absolute Gasteiger partial charge is 0.303 e. The van der Waals surface area contributed by atoms with Crippen molar-refractivity contribution in [3.8, 4) is 0 Å². The summed E-state index contributed by atoms with van der Waals surface area (Å²) in [4.78, 5) is 22.6. The number of aliphatic carboxylic acids is 1. The number of benzene rings is 2. The van der Waals surface area contributed by atoms with Crippen LogP contribution >= 0.6 is 0 Å². The van der Waals surface area contributed by atoms with Crippen molar-refractivity contribution in [3.63, 3.8) is 0 Å². The molecule has 1 unspecified atom stereocenters. The van der Waals surface area contributed by atoms with Crippen molar-refractivity contribution in [2.45, 2.75) is 31.2 Å². The lowest BCUT2D eigenvalue weighted by Gasteiger charge is -2.10. The van der Waals surface area contributed by atoms with Crippen LogP contribution < -0.4 is 10.0 Å². The van der Waals surface area contributed by atoms with E-state index in [1.165, 1.54) is 24.3 Å². The van der Waals surface area contributed by atoms with Crippen LogP contribution in [0, 0.1) is 5.92 Å². The Hall–Kier alpha value is -2.71. The summed E-state index contributed by atoms with van der Waals surface area (Å²) in [6.45, 7) is 1.87. The Bertz CT molecular complexity index is 880. The minimum Gasteiger partial charge on any atom is -0.481 e. The second-order valence-electron chi connectivity index (χ2n) is 6.29. The molecule has 0 spiro atoms. The number of rotatable bonds is 9. The first-order valence-corrected chi connectivity index (χ1v) is 9.90. The molecule has 7 nitrogen and oxygen atoms in total. The minimum atomic E-state index is -3.66. The topological polar surface area (TPSA) is 113 Å². The van der Waals surface area contributed by atoms with Crippen LogP contribution in [0.15, 0.2) is 59.5 Å². The number of sulfonamides is 1. The van der Waals surface area contributed by atoms with Crippen LogP contribution in [0.2, 0.25) is 0 Å². The van der Waals surface area contributed by atoms with Crippen molar-refractivity contribution in [1.29, 1.82) is 0 Å². The van der Waals surface area contributed by atoms with Gasteiger partial charge >= 0.3 is 5.97 Å². The highest BCUT2D eigenvalue weighted by Crippen LogP contribution is 2.16. The molecule has 2 rings (SSSR count). The maximum atomic E-state index is 12.3. The third kappa shape index (κ3) is 6.84. The van der Waals surface area contributed by atoms with E-state index >= 15 is 0 Å². The Labute approximate surface area is 158 Å². The molecule has 0 saturated carbocycles. The van der Waals surface area contributed by atoms with Crippen molar-refractivity contribution in [3.05, 3.63) is 60.2 Å². The number of nitrogens with one attached hydrogen (secondary N) is 2. The molecule has 0 fully saturated rings. The Morgan fingerprint density at radius 3 is 2.22 bits per heavy atom. The van der Waals surface area contributed by atoms with Crippen LogP contribution in [-0.2, 0) is 26.2 Å². The summed E-state index contributed by atoms with van der Waals surface area (Å²) < 4.78 is 27.2. The van der Waals surface area contributed by atoms with E-state index in [1.807, 2.05) is 30.3 Å². The third-order valence-corrected chi connectivity index (χ3v) is 5.23. The first kappa shape index (κ1) is 20.6. The zero-order valence-electron chi connectivity index (χ0n) is 14.9. The Balaban J connectivity index is 1.93. The lowest BCUT2D eigenvalue weighted by molar-refractivity contribution is -0.138. The zero-order valence-corrected chi connectivity index (χ0v) is 15.7. The lowest BCUT2D eigenvalue weighted by atomic mass is 10.0. The van der Waals surface area contributed by atoms with E-state index in [0.29, 0.717) is 5.69 Å². The van der Waals surface area contributed by atoms with Gasteiger partial charge in [0.25, 0.3) is 0 Å². The van der Waals surface area contributed by atoms with Crippen LogP contribution in [0.3, 0.4) is 0 Å². The van der Waals surface area contributed by atoms with Crippen molar-refractivity contribution < 1.29 is 23.1 Å². The number of carboxylic acids is 1. The molecule has 0 radical (unpaired) electrons. The molecule has 144 valence electrons. The van der Waals surface area contributed by atoms with Gasteiger partial charge in [-0.2, -0.15) is 0 Å². The predicted octanol–water partition coefficient (Wildman–Crippen LogP) is 2.60. The molecule has 3 N–H and O–H groups in total. The summed E-state index contributed by atoms with van der Waals surface area (Å²) >= 11 is 0. The molecule has 1 atom stereocenters. The maximum Gasteiger partial charge on any atom is 0.303 e. The molecule has 0 aliphatic rings. The number of amides is 1. The molecule has 0 bridgehead atoms. The normalized spacial score (nSPS) is 12.3. The molecule has 0 saturated heterocycles. The second kappa shape index (κ2) is 9.29. The van der Waals surface area contributed by atoms with E-state index in [1.54, 1.807) is 6.92 Å². The molecule has 2 aromatic carbocycles. The van der Waals surface area contributed by atoms with Gasteiger partial charge in [0.05, 0.1) is 4.90 Å². The van der Waals surface area contributed by atoms with Crippen molar-refractivity contribution in [2.75, 3.05) is 5.32 Å². The monoisotopic (exact) mass is 390 g/mol. The first-order valence-electron chi connectivity index (χ1n) is 8.41. The summed E-state index contributed by atoms with van der Waals surface area (Å²) in [6, 6.07) is 15.0. The van der Waals surface area contributed by atoms with E-state index in [-0.39, 0.29) is 36.1 Å². The molecule has 0 heterocycles. The van der Waals surface area contributed by atoms with Gasteiger partial charge in [0.1, 0.15) is 0 Å². The fraction of sp³-hybridized carbons (Fsp3) is 0.263. The average Bonchev–Trinajstić information content (AvgIpc) is 2.60. The minimum absolute atomic E-state index is 0.0744. The molecule has 8 heteroatoms. The van der Waals surface area contributed by atoms with E-state index in [0.717, 1.165) is 5.56 Å². The number of carbonyl (C=O) groups is 2. The van der Waals surface area contributed by atoms with Crippen LogP contribution in [0.4, 0.5) is 5.69 Å². The van der Waals surface area contributed by atoms with Crippen LogP contribution in [0.1, 0.15) is 25.3 Å². The van der Waals surface area contributed by atoms with E-state index < -0.39 is 16.0 Å². The number of anilines is 1. The fourth-order valence-corrected chi connectivity index (χ4v) is 3.49. The van der Waals surface area contributed by atoms with Crippen molar-refractivity contribution in [2.24, 2.45) is 5.92 Å². The van der Waals surface area contributed by atoms with Crippen LogP contribution in [0.25, 0.3) is 0 Å². The van der Waals surface area contributed by atoms with Gasteiger partial charge in [0.2, 0.25) is 15.9 Å². The second-order valence-corrected chi connectivity index (χ2v) is 8.06. The van der Waals surface area contributed by atoms with Gasteiger partial charge in [0.15, 0.2) is 0 Å². The molecular formula is C19H22N2O5S. The Morgan fingerprint density at radius 2 is 1.63 bits per heavy atom. The molecule has 0 aliphatic carbocycles. The number of carbonyl (C=O) groups excluding carboxylic acids is 1. The van der Waals surface area contributed by atoms with Crippen LogP contribution in [0.5, 0.6) is 0 Å². The number of hydrogen-bond acceptors (Lipinski definition) is 4. The van der Waals surface area contributed by atoms with Gasteiger partial charge in [0, 0.05) is 25.1 Å². The number of carboxylic acid groups (broad SMARTS) is 1. The standard InChI is InChI=1S/C19H22N2O5S/c1-14(12-19(23)24)11-18(22)21-16-7-9-17(10-8-16)27(25,26)20-13-15-5-3-2-4-6-15/h2-10,14,20H,11-13H2,1H3,(H,21,22)(H,23,24). The van der Waals surface area contributed by atoms with Crippen molar-refractivity contribution >= 4 is 27.6 Å². The van der Waals surface area contributed by atoms with Gasteiger partial charge in [-0.05, 0) is 35.7 Å². The largest absolute Gasteiger partial charge is 0.481 e. The van der Waals surface area contributed by atoms with E-state index in [4.69, 9.17) is 5.11 Å². The Kier molecular flexibility index (Phi) is 7.09. The fourth-order valence-electron chi connectivity index (χ4n) is 2.47. The first-order chi connectivity index (χ1) is 12.8. The van der Waals surface area contributed by atoms with E-state index in [2.05, 4.69) is 10.0 Å². The summed E-state index contributed by atoms with van der Waals surface area (Å²) in [7, 11) is -3.66. The summed E-state index contributed by atoms with van der Waals surface area (Å²) in [5.41, 5.74) is 1.30. The zero-order chi connectivity index (χ0) is 19.9. The summed E-state index contributed by atoms with van der Waals surface area (Å²) in [5.74, 6) is -1.56. The van der Waals surface area contributed by atoms with Gasteiger partial charge in [-0.1, -0.05) is 37.3 Å². The lowest BCUT2D eigenvalue weighted by Crippen LogP contribution is -2.23. The summed E-state index contributed by atoms with van der Waals surface area (Å²) in [5, 5.41) is 11.4. The maximum absolute atomic E-state index is 12.3. The summed E-state index contributed by atoms with van der Waals surface area (Å²) in [6.07, 6.45) is -0.0112. The quantitative estimate of drug-likeness (QED) is 0.609. The van der Waals surface area contributed by atoms with Gasteiger partial charge in [-0.3, -0.25) is 9.59 Å². The van der Waals surface area contributed by atoms with Crippen molar-refractivity contribution in [1.82, 2.24) is 4.72 Å². The van der Waals surface area contributed by atoms with Crippen LogP contribution in [-0.4, -0.2) is 25.4 Å². The van der Waals surface area contributed by atoms with Gasteiger partial charge in [-0.25, -0.2) is 13.1 Å². The SMILES string of the molecule is CC(CC(=O)O)CC(=O)Nc1ccc(S(=O)(=O)NCc2ccccc2)cc1. The Morgan fingerprint density at radius 1 is 1.00 bits per heavy atom. The predicted molar refractivity (Wildman–Crippen MR) is 102 cm³/mol. The van der Waals surface area contributed by atoms with E-state index in [9.17, 15) is 18.0 Å². The third-order valence-electron chi connectivity index (χ3n) is 3.81. The molecule has 0 aliphatic heterocycles. The highest BCUT2D eigenvalue weighted by atomic mass is 32.2. The molecular weight excluding hydrogens is 368 g/mol. The molecule has 1 amide bonds. The number of hydrogen-bond donors (Lipinski definition) is 3. The molecule has 27 heavy (non-hydrogen) atoms. The van der Waals surface area contributed by atoms with Gasteiger partial charge < -0.3 is 10.4 Å². The molecule has 2 aromatic rings. The average molecular weight is 390 g/mol.